The zero-order valence-electron chi connectivity index (χ0n) is 9.28. The average molecular weight is 222 g/mol. The molecule has 0 fully saturated rings. The zero-order valence-corrected chi connectivity index (χ0v) is 9.28. The summed E-state index contributed by atoms with van der Waals surface area (Å²) in [6.45, 7) is 4.17. The smallest absolute Gasteiger partial charge is 0.321 e. The number of hydrogen-bond acceptors (Lipinski definition) is 5. The summed E-state index contributed by atoms with van der Waals surface area (Å²) < 4.78 is 4.89. The lowest BCUT2D eigenvalue weighted by Crippen LogP contribution is -2.30. The Bertz CT molecular complexity index is 392. The van der Waals surface area contributed by atoms with Crippen LogP contribution in [0.1, 0.15) is 25.6 Å². The van der Waals surface area contributed by atoms with Crippen LogP contribution in [0.25, 0.3) is 0 Å². The molecule has 6 nitrogen and oxygen atoms in total. The van der Waals surface area contributed by atoms with Gasteiger partial charge >= 0.3 is 6.01 Å². The fourth-order valence-corrected chi connectivity index (χ4v) is 0.909. The van der Waals surface area contributed by atoms with Gasteiger partial charge in [0.05, 0.1) is 13.1 Å². The number of aromatic nitrogens is 2. The molecular weight excluding hydrogens is 208 g/mol. The maximum atomic E-state index is 11.2. The molecule has 0 aliphatic rings. The monoisotopic (exact) mass is 222 g/mol. The van der Waals surface area contributed by atoms with Crippen molar-refractivity contribution in [2.24, 2.45) is 0 Å². The van der Waals surface area contributed by atoms with E-state index < -0.39 is 0 Å². The van der Waals surface area contributed by atoms with Gasteiger partial charge in [0.1, 0.15) is 0 Å². The van der Waals surface area contributed by atoms with Crippen molar-refractivity contribution in [3.63, 3.8) is 0 Å². The lowest BCUT2D eigenvalue weighted by Gasteiger charge is -2.00. The summed E-state index contributed by atoms with van der Waals surface area (Å²) >= 11 is 0. The molecule has 0 aliphatic heterocycles. The highest BCUT2D eigenvalue weighted by atomic mass is 16.5. The summed E-state index contributed by atoms with van der Waals surface area (Å²) in [7, 11) is 0. The summed E-state index contributed by atoms with van der Waals surface area (Å²) in [5.41, 5.74) is 0. The Morgan fingerprint density at radius 2 is 2.38 bits per heavy atom. The topological polar surface area (TPSA) is 80.0 Å². The third-order valence-corrected chi connectivity index (χ3v) is 1.75. The summed E-state index contributed by atoms with van der Waals surface area (Å²) in [5, 5.41) is 8.96. The van der Waals surface area contributed by atoms with E-state index in [9.17, 15) is 4.79 Å². The first-order chi connectivity index (χ1) is 7.63. The highest BCUT2D eigenvalue weighted by molar-refractivity contribution is 5.80. The van der Waals surface area contributed by atoms with Crippen LogP contribution in [0.3, 0.4) is 0 Å². The standard InChI is InChI=1S/C10H14N4O2/c1-4-5-11-8(15)6-12-10-13-9(7(2)3)14-16-10/h1,7H,5-6H2,2-3H3,(H,11,15)(H,12,13,14). The van der Waals surface area contributed by atoms with E-state index in [4.69, 9.17) is 10.9 Å². The molecule has 2 N–H and O–H groups in total. The fourth-order valence-electron chi connectivity index (χ4n) is 0.909. The van der Waals surface area contributed by atoms with Crippen molar-refractivity contribution in [3.05, 3.63) is 5.82 Å². The molecule has 0 aliphatic carbocycles. The van der Waals surface area contributed by atoms with Crippen LogP contribution in [0.2, 0.25) is 0 Å². The summed E-state index contributed by atoms with van der Waals surface area (Å²) in [6, 6.07) is 0.236. The first-order valence-corrected chi connectivity index (χ1v) is 4.91. The van der Waals surface area contributed by atoms with Crippen molar-refractivity contribution < 1.29 is 9.32 Å². The maximum absolute atomic E-state index is 11.2. The predicted molar refractivity (Wildman–Crippen MR) is 58.7 cm³/mol. The van der Waals surface area contributed by atoms with Crippen molar-refractivity contribution in [1.82, 2.24) is 15.5 Å². The first-order valence-electron chi connectivity index (χ1n) is 4.91. The van der Waals surface area contributed by atoms with E-state index >= 15 is 0 Å². The molecule has 0 spiro atoms. The molecule has 6 heteroatoms. The highest BCUT2D eigenvalue weighted by Crippen LogP contribution is 2.11. The minimum absolute atomic E-state index is 0.0570. The lowest BCUT2D eigenvalue weighted by atomic mass is 10.2. The number of hydrogen-bond donors (Lipinski definition) is 2. The molecular formula is C10H14N4O2. The molecule has 0 atom stereocenters. The maximum Gasteiger partial charge on any atom is 0.321 e. The largest absolute Gasteiger partial charge is 0.344 e. The van der Waals surface area contributed by atoms with Gasteiger partial charge in [0, 0.05) is 5.92 Å². The predicted octanol–water partition coefficient (Wildman–Crippen LogP) is 0.354. The van der Waals surface area contributed by atoms with Crippen LogP contribution in [-0.2, 0) is 4.79 Å². The fraction of sp³-hybridized carbons (Fsp3) is 0.500. The van der Waals surface area contributed by atoms with E-state index in [2.05, 4.69) is 26.7 Å². The number of anilines is 1. The second kappa shape index (κ2) is 5.75. The van der Waals surface area contributed by atoms with E-state index in [1.807, 2.05) is 13.8 Å². The summed E-state index contributed by atoms with van der Waals surface area (Å²) in [6.07, 6.45) is 4.99. The molecule has 0 bridgehead atoms. The van der Waals surface area contributed by atoms with E-state index in [0.29, 0.717) is 5.82 Å². The van der Waals surface area contributed by atoms with Crippen LogP contribution in [0.4, 0.5) is 6.01 Å². The minimum atomic E-state index is -0.220. The van der Waals surface area contributed by atoms with Crippen LogP contribution < -0.4 is 10.6 Å². The number of nitrogens with zero attached hydrogens (tertiary/aromatic N) is 2. The molecule has 1 heterocycles. The lowest BCUT2D eigenvalue weighted by molar-refractivity contribution is -0.119. The van der Waals surface area contributed by atoms with Crippen LogP contribution >= 0.6 is 0 Å². The van der Waals surface area contributed by atoms with Gasteiger partial charge in [-0.05, 0) is 0 Å². The van der Waals surface area contributed by atoms with Gasteiger partial charge in [-0.2, -0.15) is 4.98 Å². The van der Waals surface area contributed by atoms with Gasteiger partial charge in [0.25, 0.3) is 0 Å². The van der Waals surface area contributed by atoms with Crippen molar-refractivity contribution in [3.8, 4) is 12.3 Å². The molecule has 1 aromatic rings. The zero-order chi connectivity index (χ0) is 12.0. The Kier molecular flexibility index (Phi) is 4.33. The van der Waals surface area contributed by atoms with Crippen molar-refractivity contribution in [2.45, 2.75) is 19.8 Å². The van der Waals surface area contributed by atoms with E-state index in [1.54, 1.807) is 0 Å². The number of amides is 1. The van der Waals surface area contributed by atoms with Crippen LogP contribution in [0, 0.1) is 12.3 Å². The Balaban J connectivity index is 2.37. The van der Waals surface area contributed by atoms with Crippen molar-refractivity contribution in [1.29, 1.82) is 0 Å². The van der Waals surface area contributed by atoms with Gasteiger partial charge in [0.2, 0.25) is 5.91 Å². The van der Waals surface area contributed by atoms with Gasteiger partial charge in [-0.1, -0.05) is 24.9 Å². The number of terminal acetylenes is 1. The van der Waals surface area contributed by atoms with Gasteiger partial charge in [-0.25, -0.2) is 0 Å². The molecule has 0 unspecified atom stereocenters. The molecule has 0 aromatic carbocycles. The molecule has 0 saturated heterocycles. The quantitative estimate of drug-likeness (QED) is 0.703. The van der Waals surface area contributed by atoms with Gasteiger partial charge < -0.3 is 15.2 Å². The number of carbonyl (C=O) groups excluding carboxylic acids is 1. The van der Waals surface area contributed by atoms with Gasteiger partial charge in [0.15, 0.2) is 5.82 Å². The van der Waals surface area contributed by atoms with Gasteiger partial charge in [-0.3, -0.25) is 4.79 Å². The average Bonchev–Trinajstić information content (AvgIpc) is 2.72. The van der Waals surface area contributed by atoms with E-state index in [0.717, 1.165) is 0 Å². The van der Waals surface area contributed by atoms with Gasteiger partial charge in [-0.15, -0.1) is 6.42 Å². The molecule has 16 heavy (non-hydrogen) atoms. The number of nitrogens with one attached hydrogen (secondary N) is 2. The second-order valence-corrected chi connectivity index (χ2v) is 3.45. The van der Waals surface area contributed by atoms with Crippen molar-refractivity contribution in [2.75, 3.05) is 18.4 Å². The van der Waals surface area contributed by atoms with Crippen LogP contribution in [0.15, 0.2) is 4.52 Å². The molecule has 0 saturated carbocycles. The Morgan fingerprint density at radius 1 is 1.62 bits per heavy atom. The van der Waals surface area contributed by atoms with E-state index in [1.165, 1.54) is 0 Å². The molecule has 1 rings (SSSR count). The minimum Gasteiger partial charge on any atom is -0.344 e. The highest BCUT2D eigenvalue weighted by Gasteiger charge is 2.09. The number of rotatable bonds is 5. The Hall–Kier alpha value is -2.03. The normalized spacial score (nSPS) is 9.88. The molecule has 1 aromatic heterocycles. The molecule has 1 amide bonds. The summed E-state index contributed by atoms with van der Waals surface area (Å²) in [5.74, 6) is 2.88. The number of carbonyl (C=O) groups is 1. The molecule has 86 valence electrons. The molecule has 0 radical (unpaired) electrons. The summed E-state index contributed by atoms with van der Waals surface area (Å²) in [4.78, 5) is 15.2. The third kappa shape index (κ3) is 3.61. The van der Waals surface area contributed by atoms with Crippen molar-refractivity contribution >= 4 is 11.9 Å². The Morgan fingerprint density at radius 3 is 2.94 bits per heavy atom. The van der Waals surface area contributed by atoms with Crippen LogP contribution in [-0.4, -0.2) is 29.1 Å². The first kappa shape index (κ1) is 12.0. The Labute approximate surface area is 93.8 Å². The SMILES string of the molecule is C#CCNC(=O)CNc1nc(C(C)C)no1. The third-order valence-electron chi connectivity index (χ3n) is 1.75. The van der Waals surface area contributed by atoms with E-state index in [-0.39, 0.29) is 30.9 Å². The second-order valence-electron chi connectivity index (χ2n) is 3.45. The van der Waals surface area contributed by atoms with Crippen LogP contribution in [0.5, 0.6) is 0 Å².